The first kappa shape index (κ1) is 11.3. The molecule has 1 heterocycles. The Morgan fingerprint density at radius 2 is 2.35 bits per heavy atom. The molecular formula is C12H14N4O. The third kappa shape index (κ3) is 2.70. The van der Waals surface area contributed by atoms with Crippen molar-refractivity contribution in [2.45, 2.75) is 13.0 Å². The molecule has 0 saturated heterocycles. The Labute approximate surface area is 99.3 Å². The minimum atomic E-state index is -0.521. The molecule has 2 aromatic rings. The largest absolute Gasteiger partial charge is 0.325 e. The van der Waals surface area contributed by atoms with E-state index in [9.17, 15) is 4.79 Å². The first-order chi connectivity index (χ1) is 8.16. The molecule has 0 aliphatic carbocycles. The quantitative estimate of drug-likeness (QED) is 0.831. The number of aromatic nitrogens is 2. The fraction of sp³-hybridized carbons (Fsp3) is 0.167. The van der Waals surface area contributed by atoms with Crippen molar-refractivity contribution in [3.8, 4) is 5.69 Å². The van der Waals surface area contributed by atoms with Crippen molar-refractivity contribution in [1.82, 2.24) is 9.55 Å². The molecular weight excluding hydrogens is 216 g/mol. The maximum atomic E-state index is 11.5. The molecule has 0 radical (unpaired) electrons. The van der Waals surface area contributed by atoms with E-state index >= 15 is 0 Å². The van der Waals surface area contributed by atoms with Gasteiger partial charge in [0.15, 0.2) is 0 Å². The number of hydrogen-bond donors (Lipinski definition) is 2. The number of nitrogens with one attached hydrogen (secondary N) is 1. The van der Waals surface area contributed by atoms with Gasteiger partial charge >= 0.3 is 0 Å². The van der Waals surface area contributed by atoms with E-state index in [2.05, 4.69) is 10.3 Å². The van der Waals surface area contributed by atoms with Crippen molar-refractivity contribution in [2.24, 2.45) is 5.73 Å². The Morgan fingerprint density at radius 3 is 3.00 bits per heavy atom. The minimum Gasteiger partial charge on any atom is -0.325 e. The first-order valence-electron chi connectivity index (χ1n) is 5.31. The van der Waals surface area contributed by atoms with Gasteiger partial charge in [-0.3, -0.25) is 4.79 Å². The Morgan fingerprint density at radius 1 is 1.53 bits per heavy atom. The summed E-state index contributed by atoms with van der Waals surface area (Å²) >= 11 is 0. The molecule has 0 bridgehead atoms. The Bertz CT molecular complexity index is 505. The normalized spacial score (nSPS) is 12.1. The van der Waals surface area contributed by atoms with Crippen LogP contribution in [-0.4, -0.2) is 21.5 Å². The third-order valence-electron chi connectivity index (χ3n) is 2.33. The topological polar surface area (TPSA) is 72.9 Å². The number of carbonyl (C=O) groups is 1. The van der Waals surface area contributed by atoms with E-state index in [0.29, 0.717) is 0 Å². The van der Waals surface area contributed by atoms with Crippen LogP contribution in [0.1, 0.15) is 6.92 Å². The molecule has 0 fully saturated rings. The molecule has 0 unspecified atom stereocenters. The van der Waals surface area contributed by atoms with Crippen LogP contribution < -0.4 is 11.1 Å². The predicted octanol–water partition coefficient (Wildman–Crippen LogP) is 1.16. The lowest BCUT2D eigenvalue weighted by atomic mass is 10.2. The van der Waals surface area contributed by atoms with E-state index in [1.54, 1.807) is 19.4 Å². The average Bonchev–Trinajstić information content (AvgIpc) is 2.82. The molecule has 0 spiro atoms. The number of benzene rings is 1. The van der Waals surface area contributed by atoms with Gasteiger partial charge in [-0.15, -0.1) is 0 Å². The van der Waals surface area contributed by atoms with Crippen LogP contribution in [0.15, 0.2) is 43.0 Å². The number of rotatable bonds is 3. The van der Waals surface area contributed by atoms with Crippen molar-refractivity contribution in [3.05, 3.63) is 43.0 Å². The lowest BCUT2D eigenvalue weighted by Gasteiger charge is -2.09. The lowest BCUT2D eigenvalue weighted by molar-refractivity contribution is -0.117. The van der Waals surface area contributed by atoms with Crippen LogP contribution in [0.4, 0.5) is 5.69 Å². The SMILES string of the molecule is C[C@H](N)C(=O)Nc1cccc(-n2ccnc2)c1. The van der Waals surface area contributed by atoms with Crippen molar-refractivity contribution in [1.29, 1.82) is 0 Å². The molecule has 2 rings (SSSR count). The van der Waals surface area contributed by atoms with Gasteiger partial charge in [0.05, 0.1) is 12.4 Å². The highest BCUT2D eigenvalue weighted by Crippen LogP contribution is 2.14. The van der Waals surface area contributed by atoms with Crippen LogP contribution in [0.25, 0.3) is 5.69 Å². The van der Waals surface area contributed by atoms with E-state index in [4.69, 9.17) is 5.73 Å². The molecule has 3 N–H and O–H groups in total. The molecule has 88 valence electrons. The van der Waals surface area contributed by atoms with E-state index in [1.807, 2.05) is 35.0 Å². The maximum Gasteiger partial charge on any atom is 0.240 e. The maximum absolute atomic E-state index is 11.5. The van der Waals surface area contributed by atoms with Gasteiger partial charge < -0.3 is 15.6 Å². The molecule has 1 aromatic carbocycles. The predicted molar refractivity (Wildman–Crippen MR) is 65.8 cm³/mol. The Hall–Kier alpha value is -2.14. The monoisotopic (exact) mass is 230 g/mol. The van der Waals surface area contributed by atoms with Gasteiger partial charge in [-0.1, -0.05) is 6.07 Å². The first-order valence-corrected chi connectivity index (χ1v) is 5.31. The Balaban J connectivity index is 2.20. The molecule has 1 amide bonds. The van der Waals surface area contributed by atoms with Gasteiger partial charge in [-0.05, 0) is 25.1 Å². The summed E-state index contributed by atoms with van der Waals surface area (Å²) in [4.78, 5) is 15.4. The molecule has 0 aliphatic heterocycles. The Kier molecular flexibility index (Phi) is 3.20. The second kappa shape index (κ2) is 4.80. The molecule has 1 atom stereocenters. The molecule has 5 heteroatoms. The van der Waals surface area contributed by atoms with Gasteiger partial charge in [0.1, 0.15) is 0 Å². The van der Waals surface area contributed by atoms with Gasteiger partial charge in [0, 0.05) is 23.8 Å². The van der Waals surface area contributed by atoms with Crippen LogP contribution >= 0.6 is 0 Å². The fourth-order valence-corrected chi connectivity index (χ4v) is 1.41. The summed E-state index contributed by atoms with van der Waals surface area (Å²) in [5, 5.41) is 2.75. The highest BCUT2D eigenvalue weighted by Gasteiger charge is 2.07. The van der Waals surface area contributed by atoms with E-state index in [-0.39, 0.29) is 5.91 Å². The lowest BCUT2D eigenvalue weighted by Crippen LogP contribution is -2.32. The van der Waals surface area contributed by atoms with Crippen molar-refractivity contribution >= 4 is 11.6 Å². The summed E-state index contributed by atoms with van der Waals surface area (Å²) in [6.45, 7) is 1.65. The van der Waals surface area contributed by atoms with Gasteiger partial charge in [-0.25, -0.2) is 4.98 Å². The highest BCUT2D eigenvalue weighted by molar-refractivity contribution is 5.94. The number of amides is 1. The standard InChI is InChI=1S/C12H14N4O/c1-9(13)12(17)15-10-3-2-4-11(7-10)16-6-5-14-8-16/h2-9H,13H2,1H3,(H,15,17)/t9-/m0/s1. The zero-order valence-corrected chi connectivity index (χ0v) is 9.50. The number of anilines is 1. The third-order valence-corrected chi connectivity index (χ3v) is 2.33. The molecule has 17 heavy (non-hydrogen) atoms. The zero-order valence-electron chi connectivity index (χ0n) is 9.50. The number of nitrogens with two attached hydrogens (primary N) is 1. The second-order valence-corrected chi connectivity index (χ2v) is 3.80. The molecule has 0 saturated carbocycles. The minimum absolute atomic E-state index is 0.201. The molecule has 5 nitrogen and oxygen atoms in total. The van der Waals surface area contributed by atoms with E-state index in [0.717, 1.165) is 11.4 Å². The van der Waals surface area contributed by atoms with Crippen LogP contribution in [0.3, 0.4) is 0 Å². The van der Waals surface area contributed by atoms with Gasteiger partial charge in [0.25, 0.3) is 0 Å². The fourth-order valence-electron chi connectivity index (χ4n) is 1.41. The smallest absolute Gasteiger partial charge is 0.240 e. The van der Waals surface area contributed by atoms with Crippen LogP contribution in [0.5, 0.6) is 0 Å². The summed E-state index contributed by atoms with van der Waals surface area (Å²) in [5.74, 6) is -0.201. The van der Waals surface area contributed by atoms with Crippen molar-refractivity contribution in [2.75, 3.05) is 5.32 Å². The summed E-state index contributed by atoms with van der Waals surface area (Å²) in [5.41, 5.74) is 7.15. The average molecular weight is 230 g/mol. The van der Waals surface area contributed by atoms with E-state index in [1.165, 1.54) is 0 Å². The molecule has 1 aromatic heterocycles. The van der Waals surface area contributed by atoms with E-state index < -0.39 is 6.04 Å². The number of imidazole rings is 1. The molecule has 0 aliphatic rings. The van der Waals surface area contributed by atoms with Crippen LogP contribution in [-0.2, 0) is 4.79 Å². The van der Waals surface area contributed by atoms with Crippen molar-refractivity contribution in [3.63, 3.8) is 0 Å². The second-order valence-electron chi connectivity index (χ2n) is 3.80. The van der Waals surface area contributed by atoms with Gasteiger partial charge in [-0.2, -0.15) is 0 Å². The van der Waals surface area contributed by atoms with Crippen LogP contribution in [0.2, 0.25) is 0 Å². The summed E-state index contributed by atoms with van der Waals surface area (Å²) < 4.78 is 1.86. The van der Waals surface area contributed by atoms with Crippen molar-refractivity contribution < 1.29 is 4.79 Å². The number of nitrogens with zero attached hydrogens (tertiary/aromatic N) is 2. The van der Waals surface area contributed by atoms with Gasteiger partial charge in [0.2, 0.25) is 5.91 Å². The summed E-state index contributed by atoms with van der Waals surface area (Å²) in [6, 6.07) is 6.96. The highest BCUT2D eigenvalue weighted by atomic mass is 16.2. The van der Waals surface area contributed by atoms with Crippen LogP contribution in [0, 0.1) is 0 Å². The zero-order chi connectivity index (χ0) is 12.3. The summed E-state index contributed by atoms with van der Waals surface area (Å²) in [6.07, 6.45) is 5.24. The summed E-state index contributed by atoms with van der Waals surface area (Å²) in [7, 11) is 0. The number of hydrogen-bond acceptors (Lipinski definition) is 3. The number of carbonyl (C=O) groups excluding carboxylic acids is 1.